The van der Waals surface area contributed by atoms with Gasteiger partial charge < -0.3 is 28.4 Å². The summed E-state index contributed by atoms with van der Waals surface area (Å²) in [5.74, 6) is -3.20. The van der Waals surface area contributed by atoms with Crippen molar-refractivity contribution in [1.82, 2.24) is 0 Å². The maximum Gasteiger partial charge on any atom is 0.350 e. The second-order valence-corrected chi connectivity index (χ2v) is 7.09. The summed E-state index contributed by atoms with van der Waals surface area (Å²) in [7, 11) is 1.16. The predicted octanol–water partition coefficient (Wildman–Crippen LogP) is 1.75. The van der Waals surface area contributed by atoms with Crippen LogP contribution in [-0.4, -0.2) is 62.0 Å². The van der Waals surface area contributed by atoms with Gasteiger partial charge in [0.2, 0.25) is 6.10 Å². The van der Waals surface area contributed by atoms with Gasteiger partial charge in [-0.1, -0.05) is 18.2 Å². The number of esters is 3. The molecule has 3 rings (SSSR count). The monoisotopic (exact) mass is 420 g/mol. The fourth-order valence-electron chi connectivity index (χ4n) is 3.28. The van der Waals surface area contributed by atoms with Crippen LogP contribution in [0.1, 0.15) is 31.1 Å². The number of fused-ring (bicyclic) bond motifs is 1. The standard InChI is InChI=1S/C21H24O9/c1-5-26-14(22)11-13-15(28-20-16(13)29-21(2,3)30-20)17(19(24)25-4)27-18(23)12-9-7-6-8-10-12/h6-11,15-17,20H,5H2,1-4H3/b13-11-/t15-,16+,17-,20+/m0/s1. The molecule has 1 aromatic carbocycles. The van der Waals surface area contributed by atoms with E-state index in [1.807, 2.05) is 0 Å². The summed E-state index contributed by atoms with van der Waals surface area (Å²) < 4.78 is 32.6. The zero-order valence-electron chi connectivity index (χ0n) is 17.2. The smallest absolute Gasteiger partial charge is 0.350 e. The Morgan fingerprint density at radius 3 is 2.50 bits per heavy atom. The van der Waals surface area contributed by atoms with E-state index in [1.165, 1.54) is 6.08 Å². The molecule has 9 heteroatoms. The van der Waals surface area contributed by atoms with E-state index < -0.39 is 48.3 Å². The fraction of sp³-hybridized carbons (Fsp3) is 0.476. The number of carbonyl (C=O) groups excluding carboxylic acids is 3. The summed E-state index contributed by atoms with van der Waals surface area (Å²) in [5.41, 5.74) is 0.509. The minimum atomic E-state index is -1.48. The van der Waals surface area contributed by atoms with Crippen molar-refractivity contribution in [2.45, 2.75) is 51.2 Å². The van der Waals surface area contributed by atoms with Gasteiger partial charge in [-0.15, -0.1) is 0 Å². The van der Waals surface area contributed by atoms with Crippen LogP contribution < -0.4 is 0 Å². The maximum absolute atomic E-state index is 12.6. The average molecular weight is 420 g/mol. The molecule has 0 aromatic heterocycles. The van der Waals surface area contributed by atoms with Gasteiger partial charge in [0.15, 0.2) is 12.1 Å². The largest absolute Gasteiger partial charge is 0.466 e. The summed E-state index contributed by atoms with van der Waals surface area (Å²) in [5, 5.41) is 0. The molecule has 2 saturated heterocycles. The van der Waals surface area contributed by atoms with Crippen molar-refractivity contribution in [2.75, 3.05) is 13.7 Å². The molecule has 2 aliphatic rings. The van der Waals surface area contributed by atoms with Crippen molar-refractivity contribution in [1.29, 1.82) is 0 Å². The van der Waals surface area contributed by atoms with E-state index in [4.69, 9.17) is 28.4 Å². The number of carbonyl (C=O) groups is 3. The van der Waals surface area contributed by atoms with Gasteiger partial charge in [0.25, 0.3) is 0 Å². The van der Waals surface area contributed by atoms with Crippen molar-refractivity contribution in [3.8, 4) is 0 Å². The minimum Gasteiger partial charge on any atom is -0.466 e. The Bertz CT molecular complexity index is 830. The highest BCUT2D eigenvalue weighted by Crippen LogP contribution is 2.42. The molecule has 2 aliphatic heterocycles. The molecule has 30 heavy (non-hydrogen) atoms. The molecule has 0 radical (unpaired) electrons. The summed E-state index contributed by atoms with van der Waals surface area (Å²) in [6.07, 6.45) is -3.13. The topological polar surface area (TPSA) is 107 Å². The van der Waals surface area contributed by atoms with Gasteiger partial charge in [0.05, 0.1) is 19.3 Å². The molecule has 0 N–H and O–H groups in total. The number of rotatable bonds is 6. The first-order valence-corrected chi connectivity index (χ1v) is 9.49. The molecule has 0 bridgehead atoms. The zero-order chi connectivity index (χ0) is 21.9. The number of hydrogen-bond acceptors (Lipinski definition) is 9. The van der Waals surface area contributed by atoms with E-state index in [0.29, 0.717) is 0 Å². The number of ether oxygens (including phenoxy) is 6. The molecule has 0 saturated carbocycles. The van der Waals surface area contributed by atoms with E-state index in [-0.39, 0.29) is 17.7 Å². The Hall–Kier alpha value is -2.75. The number of methoxy groups -OCH3 is 1. The van der Waals surface area contributed by atoms with Crippen molar-refractivity contribution in [3.63, 3.8) is 0 Å². The minimum absolute atomic E-state index is 0.161. The Morgan fingerprint density at radius 2 is 1.87 bits per heavy atom. The summed E-state index contributed by atoms with van der Waals surface area (Å²) in [4.78, 5) is 37.1. The summed E-state index contributed by atoms with van der Waals surface area (Å²) in [6.45, 7) is 5.21. The van der Waals surface area contributed by atoms with Crippen LogP contribution >= 0.6 is 0 Å². The van der Waals surface area contributed by atoms with Crippen molar-refractivity contribution in [2.24, 2.45) is 0 Å². The third-order valence-electron chi connectivity index (χ3n) is 4.52. The van der Waals surface area contributed by atoms with Crippen LogP contribution in [0, 0.1) is 0 Å². The van der Waals surface area contributed by atoms with Crippen LogP contribution in [0.5, 0.6) is 0 Å². The molecular formula is C21H24O9. The maximum atomic E-state index is 12.6. The van der Waals surface area contributed by atoms with Crippen LogP contribution in [0.15, 0.2) is 42.0 Å². The molecular weight excluding hydrogens is 396 g/mol. The SMILES string of the molecule is CCOC(=O)/C=C1\[C@H]2OC(C)(C)O[C@H]2O[C@@H]1[C@H](OC(=O)c1ccccc1)C(=O)OC. The first-order chi connectivity index (χ1) is 14.3. The molecule has 1 aromatic rings. The van der Waals surface area contributed by atoms with Crippen LogP contribution in [0.3, 0.4) is 0 Å². The Labute approximate surface area is 173 Å². The van der Waals surface area contributed by atoms with E-state index >= 15 is 0 Å². The molecule has 0 unspecified atom stereocenters. The summed E-state index contributed by atoms with van der Waals surface area (Å²) in [6, 6.07) is 8.16. The molecule has 9 nitrogen and oxygen atoms in total. The molecule has 4 atom stereocenters. The first-order valence-electron chi connectivity index (χ1n) is 9.49. The highest BCUT2D eigenvalue weighted by atomic mass is 16.8. The van der Waals surface area contributed by atoms with Crippen LogP contribution in [0.2, 0.25) is 0 Å². The predicted molar refractivity (Wildman–Crippen MR) is 101 cm³/mol. The number of hydrogen-bond donors (Lipinski definition) is 0. The normalized spacial score (nSPS) is 26.7. The lowest BCUT2D eigenvalue weighted by atomic mass is 10.0. The molecule has 0 aliphatic carbocycles. The Morgan fingerprint density at radius 1 is 1.17 bits per heavy atom. The zero-order valence-corrected chi connectivity index (χ0v) is 17.2. The number of benzene rings is 1. The van der Waals surface area contributed by atoms with Crippen molar-refractivity contribution < 1.29 is 42.8 Å². The molecule has 0 amide bonds. The molecule has 162 valence electrons. The lowest BCUT2D eigenvalue weighted by molar-refractivity contribution is -0.210. The third-order valence-corrected chi connectivity index (χ3v) is 4.52. The molecule has 2 heterocycles. The summed E-state index contributed by atoms with van der Waals surface area (Å²) >= 11 is 0. The van der Waals surface area contributed by atoms with E-state index in [0.717, 1.165) is 7.11 Å². The van der Waals surface area contributed by atoms with Crippen molar-refractivity contribution >= 4 is 17.9 Å². The molecule has 0 spiro atoms. The van der Waals surface area contributed by atoms with Gasteiger partial charge in [0.1, 0.15) is 12.2 Å². The van der Waals surface area contributed by atoms with Crippen LogP contribution in [0.4, 0.5) is 0 Å². The van der Waals surface area contributed by atoms with E-state index in [9.17, 15) is 14.4 Å². The van der Waals surface area contributed by atoms with Crippen LogP contribution in [-0.2, 0) is 38.0 Å². The average Bonchev–Trinajstić information content (AvgIpc) is 3.18. The third kappa shape index (κ3) is 4.69. The van der Waals surface area contributed by atoms with Gasteiger partial charge in [-0.3, -0.25) is 0 Å². The highest BCUT2D eigenvalue weighted by molar-refractivity contribution is 5.92. The second kappa shape index (κ2) is 8.95. The highest BCUT2D eigenvalue weighted by Gasteiger charge is 2.56. The van der Waals surface area contributed by atoms with E-state index in [2.05, 4.69) is 0 Å². The quantitative estimate of drug-likeness (QED) is 0.386. The van der Waals surface area contributed by atoms with E-state index in [1.54, 1.807) is 51.1 Å². The lowest BCUT2D eigenvalue weighted by Gasteiger charge is -2.26. The fourth-order valence-corrected chi connectivity index (χ4v) is 3.28. The lowest BCUT2D eigenvalue weighted by Crippen LogP contribution is -2.41. The van der Waals surface area contributed by atoms with Gasteiger partial charge in [0, 0.05) is 11.6 Å². The first kappa shape index (κ1) is 21.9. The van der Waals surface area contributed by atoms with Gasteiger partial charge >= 0.3 is 17.9 Å². The van der Waals surface area contributed by atoms with Crippen LogP contribution in [0.25, 0.3) is 0 Å². The Kier molecular flexibility index (Phi) is 6.55. The molecule has 2 fully saturated rings. The van der Waals surface area contributed by atoms with Gasteiger partial charge in [-0.05, 0) is 32.9 Å². The van der Waals surface area contributed by atoms with Gasteiger partial charge in [-0.2, -0.15) is 0 Å². The second-order valence-electron chi connectivity index (χ2n) is 7.09. The van der Waals surface area contributed by atoms with Crippen molar-refractivity contribution in [3.05, 3.63) is 47.5 Å². The Balaban J connectivity index is 1.91. The van der Waals surface area contributed by atoms with Gasteiger partial charge in [-0.25, -0.2) is 14.4 Å².